The summed E-state index contributed by atoms with van der Waals surface area (Å²) in [5.74, 6) is 1.19. The van der Waals surface area contributed by atoms with E-state index in [-0.39, 0.29) is 5.91 Å². The van der Waals surface area contributed by atoms with Crippen molar-refractivity contribution < 1.29 is 4.79 Å². The van der Waals surface area contributed by atoms with Crippen molar-refractivity contribution >= 4 is 23.2 Å². The molecule has 1 fully saturated rings. The van der Waals surface area contributed by atoms with E-state index in [9.17, 15) is 4.79 Å². The van der Waals surface area contributed by atoms with Crippen LogP contribution in [0.25, 0.3) is 0 Å². The van der Waals surface area contributed by atoms with Crippen molar-refractivity contribution in [3.8, 4) is 0 Å². The number of rotatable bonds is 4. The third-order valence-corrected chi connectivity index (χ3v) is 4.39. The summed E-state index contributed by atoms with van der Waals surface area (Å²) in [5, 5.41) is 7.05. The number of hydrogen-bond donors (Lipinski definition) is 2. The number of carbonyl (C=O) groups is 1. The van der Waals surface area contributed by atoms with Crippen LogP contribution in [-0.2, 0) is 4.79 Å². The zero-order chi connectivity index (χ0) is 14.5. The highest BCUT2D eigenvalue weighted by atomic mass is 35.5. The Kier molecular flexibility index (Phi) is 5.44. The first-order chi connectivity index (χ1) is 9.56. The smallest absolute Gasteiger partial charge is 0.224 e. The van der Waals surface area contributed by atoms with Crippen molar-refractivity contribution in [2.75, 3.05) is 18.4 Å². The lowest BCUT2D eigenvalue weighted by Gasteiger charge is -2.27. The maximum absolute atomic E-state index is 12.1. The minimum atomic E-state index is 0.0986. The van der Waals surface area contributed by atoms with Crippen LogP contribution in [0.1, 0.15) is 31.7 Å². The summed E-state index contributed by atoms with van der Waals surface area (Å²) in [6.07, 6.45) is 2.94. The molecule has 110 valence electrons. The van der Waals surface area contributed by atoms with Crippen LogP contribution < -0.4 is 10.6 Å². The SMILES string of the molecule is Cc1cc(Cl)ccc1NC(=O)CC(C)C1CCNCC1. The normalized spacial score (nSPS) is 17.8. The predicted octanol–water partition coefficient (Wildman–Crippen LogP) is 3.61. The second kappa shape index (κ2) is 7.09. The van der Waals surface area contributed by atoms with Crippen LogP contribution >= 0.6 is 11.6 Å². The number of anilines is 1. The van der Waals surface area contributed by atoms with Gasteiger partial charge in [0.15, 0.2) is 0 Å². The van der Waals surface area contributed by atoms with Crippen molar-refractivity contribution in [3.05, 3.63) is 28.8 Å². The molecular formula is C16H23ClN2O. The van der Waals surface area contributed by atoms with E-state index in [1.807, 2.05) is 19.1 Å². The molecule has 1 amide bonds. The molecule has 1 aromatic carbocycles. The zero-order valence-corrected chi connectivity index (χ0v) is 13.0. The summed E-state index contributed by atoms with van der Waals surface area (Å²) in [6, 6.07) is 5.54. The van der Waals surface area contributed by atoms with E-state index in [0.29, 0.717) is 23.3 Å². The van der Waals surface area contributed by atoms with Gasteiger partial charge in [-0.25, -0.2) is 0 Å². The number of halogens is 1. The number of hydrogen-bond acceptors (Lipinski definition) is 2. The Morgan fingerprint density at radius 3 is 2.80 bits per heavy atom. The molecule has 1 saturated heterocycles. The predicted molar refractivity (Wildman–Crippen MR) is 84.2 cm³/mol. The minimum Gasteiger partial charge on any atom is -0.326 e. The highest BCUT2D eigenvalue weighted by Gasteiger charge is 2.22. The molecule has 1 atom stereocenters. The monoisotopic (exact) mass is 294 g/mol. The van der Waals surface area contributed by atoms with Gasteiger partial charge in [0.05, 0.1) is 0 Å². The zero-order valence-electron chi connectivity index (χ0n) is 12.2. The van der Waals surface area contributed by atoms with Gasteiger partial charge in [0.1, 0.15) is 0 Å². The molecule has 0 radical (unpaired) electrons. The van der Waals surface area contributed by atoms with Gasteiger partial charge in [0, 0.05) is 17.1 Å². The molecule has 1 unspecified atom stereocenters. The lowest BCUT2D eigenvalue weighted by atomic mass is 9.84. The average Bonchev–Trinajstić information content (AvgIpc) is 2.43. The Labute approximate surface area is 126 Å². The first kappa shape index (κ1) is 15.3. The summed E-state index contributed by atoms with van der Waals surface area (Å²) in [5.41, 5.74) is 1.86. The minimum absolute atomic E-state index is 0.0986. The number of nitrogens with one attached hydrogen (secondary N) is 2. The largest absolute Gasteiger partial charge is 0.326 e. The molecule has 0 aliphatic carbocycles. The number of benzene rings is 1. The molecule has 1 aliphatic rings. The van der Waals surface area contributed by atoms with E-state index < -0.39 is 0 Å². The Balaban J connectivity index is 1.88. The molecule has 2 rings (SSSR count). The van der Waals surface area contributed by atoms with Crippen LogP contribution in [0.3, 0.4) is 0 Å². The van der Waals surface area contributed by atoms with Gasteiger partial charge in [-0.2, -0.15) is 0 Å². The van der Waals surface area contributed by atoms with Crippen molar-refractivity contribution in [1.29, 1.82) is 0 Å². The molecule has 0 spiro atoms. The van der Waals surface area contributed by atoms with Gasteiger partial charge in [0.25, 0.3) is 0 Å². The summed E-state index contributed by atoms with van der Waals surface area (Å²) >= 11 is 5.92. The van der Waals surface area contributed by atoms with Crippen LogP contribution in [0.5, 0.6) is 0 Å². The van der Waals surface area contributed by atoms with Crippen LogP contribution in [-0.4, -0.2) is 19.0 Å². The van der Waals surface area contributed by atoms with Crippen LogP contribution in [0.2, 0.25) is 5.02 Å². The fourth-order valence-corrected chi connectivity index (χ4v) is 3.07. The van der Waals surface area contributed by atoms with Crippen molar-refractivity contribution in [3.63, 3.8) is 0 Å². The lowest BCUT2D eigenvalue weighted by molar-refractivity contribution is -0.117. The molecule has 1 aliphatic heterocycles. The highest BCUT2D eigenvalue weighted by molar-refractivity contribution is 6.30. The second-order valence-electron chi connectivity index (χ2n) is 5.78. The van der Waals surface area contributed by atoms with Gasteiger partial charge in [0.2, 0.25) is 5.91 Å². The first-order valence-electron chi connectivity index (χ1n) is 7.33. The lowest BCUT2D eigenvalue weighted by Crippen LogP contribution is -2.32. The van der Waals surface area contributed by atoms with Crippen LogP contribution in [0, 0.1) is 18.8 Å². The second-order valence-corrected chi connectivity index (χ2v) is 6.21. The van der Waals surface area contributed by atoms with Crippen molar-refractivity contribution in [2.45, 2.75) is 33.1 Å². The summed E-state index contributed by atoms with van der Waals surface area (Å²) < 4.78 is 0. The molecule has 0 aromatic heterocycles. The number of amides is 1. The Hall–Kier alpha value is -1.06. The average molecular weight is 295 g/mol. The fourth-order valence-electron chi connectivity index (χ4n) is 2.84. The van der Waals surface area contributed by atoms with Crippen LogP contribution in [0.15, 0.2) is 18.2 Å². The third-order valence-electron chi connectivity index (χ3n) is 4.16. The summed E-state index contributed by atoms with van der Waals surface area (Å²) in [6.45, 7) is 6.29. The molecule has 3 nitrogen and oxygen atoms in total. The number of aryl methyl sites for hydroxylation is 1. The van der Waals surface area contributed by atoms with Crippen molar-refractivity contribution in [1.82, 2.24) is 5.32 Å². The maximum Gasteiger partial charge on any atom is 0.224 e. The van der Waals surface area contributed by atoms with Gasteiger partial charge in [-0.1, -0.05) is 18.5 Å². The van der Waals surface area contributed by atoms with Gasteiger partial charge in [-0.3, -0.25) is 4.79 Å². The summed E-state index contributed by atoms with van der Waals surface area (Å²) in [4.78, 5) is 12.1. The fraction of sp³-hybridized carbons (Fsp3) is 0.562. The van der Waals surface area contributed by atoms with Gasteiger partial charge in [-0.05, 0) is 68.5 Å². The molecule has 20 heavy (non-hydrogen) atoms. The van der Waals surface area contributed by atoms with E-state index in [1.165, 1.54) is 12.8 Å². The van der Waals surface area contributed by atoms with E-state index >= 15 is 0 Å². The quantitative estimate of drug-likeness (QED) is 0.890. The molecule has 1 aromatic rings. The van der Waals surface area contributed by atoms with Gasteiger partial charge in [-0.15, -0.1) is 0 Å². The topological polar surface area (TPSA) is 41.1 Å². The van der Waals surface area contributed by atoms with Gasteiger partial charge < -0.3 is 10.6 Å². The van der Waals surface area contributed by atoms with E-state index in [2.05, 4.69) is 17.6 Å². The molecule has 4 heteroatoms. The van der Waals surface area contributed by atoms with E-state index in [1.54, 1.807) is 6.07 Å². The molecule has 1 heterocycles. The first-order valence-corrected chi connectivity index (χ1v) is 7.71. The molecular weight excluding hydrogens is 272 g/mol. The Morgan fingerprint density at radius 2 is 2.15 bits per heavy atom. The molecule has 2 N–H and O–H groups in total. The van der Waals surface area contributed by atoms with Crippen LogP contribution in [0.4, 0.5) is 5.69 Å². The standard InChI is InChI=1S/C16H23ClN2O/c1-11(13-5-7-18-8-6-13)10-16(20)19-15-4-3-14(17)9-12(15)2/h3-4,9,11,13,18H,5-8,10H2,1-2H3,(H,19,20). The van der Waals surface area contributed by atoms with Gasteiger partial charge >= 0.3 is 0 Å². The van der Waals surface area contributed by atoms with E-state index in [4.69, 9.17) is 11.6 Å². The van der Waals surface area contributed by atoms with Crippen molar-refractivity contribution in [2.24, 2.45) is 11.8 Å². The Bertz CT molecular complexity index is 470. The van der Waals surface area contributed by atoms with E-state index in [0.717, 1.165) is 24.3 Å². The highest BCUT2D eigenvalue weighted by Crippen LogP contribution is 2.25. The summed E-state index contributed by atoms with van der Waals surface area (Å²) in [7, 11) is 0. The molecule has 0 bridgehead atoms. The Morgan fingerprint density at radius 1 is 1.45 bits per heavy atom. The number of carbonyl (C=O) groups excluding carboxylic acids is 1. The number of piperidine rings is 1. The molecule has 0 saturated carbocycles. The third kappa shape index (κ3) is 4.22. The maximum atomic E-state index is 12.1.